The summed E-state index contributed by atoms with van der Waals surface area (Å²) < 4.78 is 26.8. The van der Waals surface area contributed by atoms with Crippen LogP contribution in [0.2, 0.25) is 10.0 Å². The highest BCUT2D eigenvalue weighted by atomic mass is 35.5. The van der Waals surface area contributed by atoms with E-state index >= 15 is 0 Å². The predicted molar refractivity (Wildman–Crippen MR) is 164 cm³/mol. The van der Waals surface area contributed by atoms with Crippen molar-refractivity contribution in [2.75, 3.05) is 23.7 Å². The van der Waals surface area contributed by atoms with Crippen molar-refractivity contribution in [1.82, 2.24) is 10.2 Å². The third kappa shape index (κ3) is 8.67. The van der Waals surface area contributed by atoms with Crippen molar-refractivity contribution in [3.63, 3.8) is 0 Å². The molecule has 0 spiro atoms. The largest absolute Gasteiger partial charge is 0.354 e. The average molecular weight is 636 g/mol. The first-order valence-corrected chi connectivity index (χ1v) is 15.7. The van der Waals surface area contributed by atoms with Crippen LogP contribution in [-0.2, 0) is 32.6 Å². The summed E-state index contributed by atoms with van der Waals surface area (Å²) in [6.45, 7) is 3.02. The van der Waals surface area contributed by atoms with Crippen molar-refractivity contribution in [3.05, 3.63) is 104 Å². The molecule has 0 saturated heterocycles. The lowest BCUT2D eigenvalue weighted by atomic mass is 10.0. The minimum atomic E-state index is -4.10. The zero-order valence-corrected chi connectivity index (χ0v) is 25.7. The molecule has 1 atom stereocenters. The van der Waals surface area contributed by atoms with Crippen molar-refractivity contribution in [1.29, 1.82) is 0 Å². The topological polar surface area (TPSA) is 130 Å². The molecule has 0 aliphatic rings. The molecule has 10 nitrogen and oxygen atoms in total. The minimum absolute atomic E-state index is 0.0143. The molecule has 0 unspecified atom stereocenters. The van der Waals surface area contributed by atoms with Crippen molar-refractivity contribution >= 4 is 56.4 Å². The lowest BCUT2D eigenvalue weighted by Crippen LogP contribution is -2.53. The maximum Gasteiger partial charge on any atom is 0.271 e. The predicted octanol–water partition coefficient (Wildman–Crippen LogP) is 5.14. The normalized spacial score (nSPS) is 11.9. The Balaban J connectivity index is 2.12. The number of aryl methyl sites for hydroxylation is 1. The summed E-state index contributed by atoms with van der Waals surface area (Å²) in [7, 11) is -4.10. The lowest BCUT2D eigenvalue weighted by Gasteiger charge is -2.34. The van der Waals surface area contributed by atoms with Gasteiger partial charge in [-0.1, -0.05) is 72.6 Å². The first kappa shape index (κ1) is 32.8. The Hall–Kier alpha value is -3.67. The Morgan fingerprint density at radius 2 is 1.74 bits per heavy atom. The van der Waals surface area contributed by atoms with Crippen LogP contribution in [0.25, 0.3) is 0 Å². The molecular weight excluding hydrogens is 603 g/mol. The van der Waals surface area contributed by atoms with E-state index in [-0.39, 0.29) is 29.4 Å². The fourth-order valence-electron chi connectivity index (χ4n) is 4.33. The first-order chi connectivity index (χ1) is 19.8. The van der Waals surface area contributed by atoms with Crippen LogP contribution in [0.1, 0.15) is 30.0 Å². The highest BCUT2D eigenvalue weighted by Gasteiger charge is 2.34. The molecule has 2 amide bonds. The molecule has 1 N–H and O–H groups in total. The van der Waals surface area contributed by atoms with E-state index in [0.717, 1.165) is 22.2 Å². The van der Waals surface area contributed by atoms with Crippen molar-refractivity contribution in [3.8, 4) is 0 Å². The van der Waals surface area contributed by atoms with Crippen molar-refractivity contribution in [2.45, 2.75) is 39.3 Å². The second-order valence-corrected chi connectivity index (χ2v) is 12.5. The quantitative estimate of drug-likeness (QED) is 0.205. The molecule has 3 aromatic carbocycles. The van der Waals surface area contributed by atoms with E-state index in [9.17, 15) is 28.1 Å². The highest BCUT2D eigenvalue weighted by molar-refractivity contribution is 7.92. The molecule has 224 valence electrons. The molecule has 0 aliphatic heterocycles. The zero-order chi connectivity index (χ0) is 31.0. The first-order valence-electron chi connectivity index (χ1n) is 13.1. The van der Waals surface area contributed by atoms with E-state index < -0.39 is 39.3 Å². The third-order valence-corrected chi connectivity index (χ3v) is 8.24. The molecule has 0 saturated carbocycles. The summed E-state index contributed by atoms with van der Waals surface area (Å²) in [5, 5.41) is 14.9. The summed E-state index contributed by atoms with van der Waals surface area (Å²) >= 11 is 12.5. The van der Waals surface area contributed by atoms with E-state index in [0.29, 0.717) is 29.1 Å². The van der Waals surface area contributed by atoms with Crippen LogP contribution in [0, 0.1) is 17.0 Å². The van der Waals surface area contributed by atoms with Gasteiger partial charge in [-0.15, -0.1) is 0 Å². The SMILES string of the molecule is CCCNC(=O)[C@H](Cc1ccccc1)N(Cc1ccc(Cl)cc1Cl)C(=O)CN(c1cc([N+](=O)[O-])ccc1C)S(C)(=O)=O. The molecule has 42 heavy (non-hydrogen) atoms. The van der Waals surface area contributed by atoms with E-state index in [4.69, 9.17) is 23.2 Å². The van der Waals surface area contributed by atoms with Gasteiger partial charge >= 0.3 is 0 Å². The number of sulfonamides is 1. The van der Waals surface area contributed by atoms with Crippen LogP contribution in [-0.4, -0.2) is 55.4 Å². The molecule has 3 rings (SSSR count). The second kappa shape index (κ2) is 14.5. The van der Waals surface area contributed by atoms with Crippen molar-refractivity contribution in [2.24, 2.45) is 0 Å². The standard InChI is InChI=1S/C29H32Cl2N4O6S/c1-4-14-32-29(37)27(15-21-8-6-5-7-9-21)33(18-22-11-12-23(30)16-25(22)31)28(36)19-34(42(3,40)41)26-17-24(35(38)39)13-10-20(26)2/h5-13,16-17,27H,4,14-15,18-19H2,1-3H3,(H,32,37)/t27-/m0/s1. The molecule has 0 heterocycles. The highest BCUT2D eigenvalue weighted by Crippen LogP contribution is 2.29. The van der Waals surface area contributed by atoms with Gasteiger partial charge in [-0.05, 0) is 42.2 Å². The van der Waals surface area contributed by atoms with Gasteiger partial charge < -0.3 is 10.2 Å². The number of carbonyl (C=O) groups excluding carboxylic acids is 2. The third-order valence-electron chi connectivity index (χ3n) is 6.53. The number of nitro benzene ring substituents is 1. The van der Waals surface area contributed by atoms with Crippen LogP contribution in [0.5, 0.6) is 0 Å². The van der Waals surface area contributed by atoms with E-state index in [1.165, 1.54) is 23.1 Å². The molecule has 13 heteroatoms. The van der Waals surface area contributed by atoms with Gasteiger partial charge in [-0.25, -0.2) is 8.42 Å². The summed E-state index contributed by atoms with van der Waals surface area (Å²) in [6.07, 6.45) is 1.71. The van der Waals surface area contributed by atoms with Gasteiger partial charge in [0.1, 0.15) is 12.6 Å². The second-order valence-electron chi connectivity index (χ2n) is 9.75. The van der Waals surface area contributed by atoms with Crippen LogP contribution in [0.4, 0.5) is 11.4 Å². The Kier molecular flexibility index (Phi) is 11.3. The number of hydrogen-bond acceptors (Lipinski definition) is 6. The molecule has 0 aliphatic carbocycles. The number of amides is 2. The Morgan fingerprint density at radius 3 is 2.33 bits per heavy atom. The van der Waals surface area contributed by atoms with Gasteiger partial charge in [0, 0.05) is 41.7 Å². The maximum atomic E-state index is 14.1. The molecular formula is C29H32Cl2N4O6S. The molecule has 0 radical (unpaired) electrons. The van der Waals surface area contributed by atoms with Gasteiger partial charge in [0.2, 0.25) is 21.8 Å². The smallest absolute Gasteiger partial charge is 0.271 e. The number of benzene rings is 3. The fraction of sp³-hybridized carbons (Fsp3) is 0.310. The van der Waals surface area contributed by atoms with Crippen LogP contribution in [0.3, 0.4) is 0 Å². The van der Waals surface area contributed by atoms with Gasteiger partial charge in [0.25, 0.3) is 5.69 Å². The van der Waals surface area contributed by atoms with E-state index in [1.807, 2.05) is 37.3 Å². The van der Waals surface area contributed by atoms with Crippen molar-refractivity contribution < 1.29 is 22.9 Å². The van der Waals surface area contributed by atoms with Crippen LogP contribution in [0.15, 0.2) is 66.7 Å². The van der Waals surface area contributed by atoms with Crippen LogP contribution < -0.4 is 9.62 Å². The number of nitro groups is 1. The molecule has 3 aromatic rings. The number of hydrogen-bond donors (Lipinski definition) is 1. The number of non-ortho nitro benzene ring substituents is 1. The minimum Gasteiger partial charge on any atom is -0.354 e. The maximum absolute atomic E-state index is 14.1. The number of halogens is 2. The Morgan fingerprint density at radius 1 is 1.05 bits per heavy atom. The van der Waals surface area contributed by atoms with Crippen LogP contribution >= 0.6 is 23.2 Å². The number of rotatable bonds is 13. The lowest BCUT2D eigenvalue weighted by molar-refractivity contribution is -0.384. The number of nitrogens with one attached hydrogen (secondary N) is 1. The number of anilines is 1. The van der Waals surface area contributed by atoms with Gasteiger partial charge in [-0.2, -0.15) is 0 Å². The Labute approximate surface area is 255 Å². The summed E-state index contributed by atoms with van der Waals surface area (Å²) in [5.41, 5.74) is 1.34. The summed E-state index contributed by atoms with van der Waals surface area (Å²) in [4.78, 5) is 39.8. The van der Waals surface area contributed by atoms with Gasteiger partial charge in [-0.3, -0.25) is 24.0 Å². The Bertz CT molecular complexity index is 1550. The van der Waals surface area contributed by atoms with E-state index in [1.54, 1.807) is 19.1 Å². The molecule has 0 bridgehead atoms. The molecule has 0 aromatic heterocycles. The zero-order valence-electron chi connectivity index (χ0n) is 23.4. The molecule has 0 fully saturated rings. The fourth-order valence-corrected chi connectivity index (χ4v) is 5.70. The number of nitrogens with zero attached hydrogens (tertiary/aromatic N) is 3. The van der Waals surface area contributed by atoms with Gasteiger partial charge in [0.05, 0.1) is 16.9 Å². The summed E-state index contributed by atoms with van der Waals surface area (Å²) in [5.74, 6) is -1.12. The number of carbonyl (C=O) groups is 2. The van der Waals surface area contributed by atoms with E-state index in [2.05, 4.69) is 5.32 Å². The van der Waals surface area contributed by atoms with Gasteiger partial charge in [0.15, 0.2) is 0 Å². The summed E-state index contributed by atoms with van der Waals surface area (Å²) in [6, 6.07) is 16.6. The monoisotopic (exact) mass is 634 g/mol. The average Bonchev–Trinajstić information content (AvgIpc) is 2.93.